The standard InChI is InChI=1S/C17H20.C8H5F4NO.C8H7F2NO2.CH4/c1-2-6-14(7-3-1)8-4-5-9-17-15-10-11-16(17)13-12-15;9-7-2-1-5(13-4-14)3-6(7)8(10,11)12;1-13-7-3-6(10)5(9)2-4(7)8(11)12;/h1-7,9,15-16H,8,10-13H2;1-4H,(H,13,14);2-3H,1H3,(H2,11,12);1H4/b5-4+,17-9?;;;. The van der Waals surface area contributed by atoms with E-state index in [4.69, 9.17) is 5.73 Å². The zero-order chi connectivity index (χ0) is 32.3. The lowest BCUT2D eigenvalue weighted by Gasteiger charge is -2.09. The Hall–Kier alpha value is -4.54. The van der Waals surface area contributed by atoms with Crippen LogP contribution in [0.1, 0.15) is 54.6 Å². The predicted octanol–water partition coefficient (Wildman–Crippen LogP) is 8.65. The number of hydrogen-bond donors (Lipinski definition) is 2. The maximum absolute atomic E-state index is 12.7. The minimum Gasteiger partial charge on any atom is -0.496 e. The van der Waals surface area contributed by atoms with Crippen molar-refractivity contribution in [3.63, 3.8) is 0 Å². The molecule has 0 aromatic heterocycles. The largest absolute Gasteiger partial charge is 0.496 e. The van der Waals surface area contributed by atoms with Crippen LogP contribution in [0.15, 0.2) is 84.5 Å². The molecule has 2 bridgehead atoms. The number of ether oxygens (including phenoxy) is 1. The number of nitrogens with two attached hydrogens (primary N) is 1. The van der Waals surface area contributed by atoms with Crippen molar-refractivity contribution in [2.45, 2.75) is 45.7 Å². The number of methoxy groups -OCH3 is 1. The first-order chi connectivity index (χ1) is 20.9. The van der Waals surface area contributed by atoms with Gasteiger partial charge in [-0.05, 0) is 73.8 Å². The molecule has 3 aromatic carbocycles. The van der Waals surface area contributed by atoms with E-state index in [1.54, 1.807) is 5.57 Å². The number of halogens is 6. The number of fused-ring (bicyclic) bond motifs is 2. The lowest BCUT2D eigenvalue weighted by molar-refractivity contribution is -0.140. The van der Waals surface area contributed by atoms with E-state index in [0.717, 1.165) is 30.4 Å². The number of rotatable bonds is 7. The average Bonchev–Trinajstić information content (AvgIpc) is 3.57. The molecule has 0 heterocycles. The Kier molecular flexibility index (Phi) is 13.9. The van der Waals surface area contributed by atoms with Crippen molar-refractivity contribution in [1.29, 1.82) is 0 Å². The Bertz CT molecular complexity index is 1470. The number of nitrogens with one attached hydrogen (secondary N) is 1. The van der Waals surface area contributed by atoms with Crippen LogP contribution in [0, 0.1) is 29.3 Å². The molecule has 5 nitrogen and oxygen atoms in total. The van der Waals surface area contributed by atoms with E-state index >= 15 is 0 Å². The van der Waals surface area contributed by atoms with Crippen LogP contribution >= 0.6 is 0 Å². The summed E-state index contributed by atoms with van der Waals surface area (Å²) in [5.74, 6) is -2.66. The molecule has 0 spiro atoms. The van der Waals surface area contributed by atoms with E-state index in [0.29, 0.717) is 18.2 Å². The normalized spacial score (nSPS) is 16.5. The van der Waals surface area contributed by atoms with Crippen LogP contribution in [0.2, 0.25) is 0 Å². The number of hydrogen-bond acceptors (Lipinski definition) is 3. The van der Waals surface area contributed by atoms with Gasteiger partial charge in [-0.15, -0.1) is 0 Å². The van der Waals surface area contributed by atoms with Gasteiger partial charge in [0.25, 0.3) is 5.91 Å². The van der Waals surface area contributed by atoms with Crippen molar-refractivity contribution in [2.75, 3.05) is 12.4 Å². The first-order valence-corrected chi connectivity index (χ1v) is 13.7. The molecule has 0 aliphatic heterocycles. The number of benzene rings is 3. The molecule has 242 valence electrons. The number of carbonyl (C=O) groups excluding carboxylic acids is 2. The van der Waals surface area contributed by atoms with Gasteiger partial charge in [0.1, 0.15) is 11.6 Å². The Balaban J connectivity index is 0.000000236. The highest BCUT2D eigenvalue weighted by Crippen LogP contribution is 2.48. The van der Waals surface area contributed by atoms with Crippen molar-refractivity contribution in [3.05, 3.63) is 119 Å². The molecule has 5 rings (SSSR count). The minimum absolute atomic E-state index is 0. The second-order valence-electron chi connectivity index (χ2n) is 10.1. The van der Waals surface area contributed by atoms with Crippen molar-refractivity contribution in [1.82, 2.24) is 0 Å². The van der Waals surface area contributed by atoms with E-state index in [1.807, 2.05) is 5.32 Å². The highest BCUT2D eigenvalue weighted by molar-refractivity contribution is 5.95. The average molecular weight is 635 g/mol. The molecule has 2 aliphatic rings. The summed E-state index contributed by atoms with van der Waals surface area (Å²) in [6, 6.07) is 14.4. The zero-order valence-corrected chi connectivity index (χ0v) is 23.8. The van der Waals surface area contributed by atoms with Crippen molar-refractivity contribution < 1.29 is 40.7 Å². The maximum Gasteiger partial charge on any atom is 0.419 e. The van der Waals surface area contributed by atoms with Gasteiger partial charge in [0.05, 0.1) is 18.2 Å². The van der Waals surface area contributed by atoms with Crippen LogP contribution in [0.25, 0.3) is 0 Å². The van der Waals surface area contributed by atoms with Crippen molar-refractivity contribution in [2.24, 2.45) is 17.6 Å². The van der Waals surface area contributed by atoms with Gasteiger partial charge in [0, 0.05) is 11.8 Å². The summed E-state index contributed by atoms with van der Waals surface area (Å²) in [5.41, 5.74) is 6.36. The fourth-order valence-electron chi connectivity index (χ4n) is 5.15. The van der Waals surface area contributed by atoms with Gasteiger partial charge < -0.3 is 15.8 Å². The number of primary amides is 1. The lowest BCUT2D eigenvalue weighted by Crippen LogP contribution is -2.13. The van der Waals surface area contributed by atoms with Gasteiger partial charge in [0.2, 0.25) is 6.41 Å². The lowest BCUT2D eigenvalue weighted by atomic mass is 10.0. The van der Waals surface area contributed by atoms with Gasteiger partial charge in [-0.1, -0.05) is 61.6 Å². The first-order valence-electron chi connectivity index (χ1n) is 13.7. The van der Waals surface area contributed by atoms with Gasteiger partial charge >= 0.3 is 6.18 Å². The fraction of sp³-hybridized carbons (Fsp3) is 0.294. The van der Waals surface area contributed by atoms with E-state index in [2.05, 4.69) is 53.3 Å². The third-order valence-corrected chi connectivity index (χ3v) is 7.30. The highest BCUT2D eigenvalue weighted by atomic mass is 19.4. The second-order valence-corrected chi connectivity index (χ2v) is 10.1. The first kappa shape index (κ1) is 36.7. The minimum atomic E-state index is -4.76. The van der Waals surface area contributed by atoms with E-state index < -0.39 is 35.1 Å². The van der Waals surface area contributed by atoms with Crippen molar-refractivity contribution >= 4 is 18.0 Å². The van der Waals surface area contributed by atoms with Crippen LogP contribution in [0.5, 0.6) is 5.75 Å². The Labute approximate surface area is 258 Å². The summed E-state index contributed by atoms with van der Waals surface area (Å²) >= 11 is 0. The molecule has 0 saturated heterocycles. The molecule has 2 amide bonds. The summed E-state index contributed by atoms with van der Waals surface area (Å²) in [6.07, 6.45) is 9.27. The number of alkyl halides is 3. The summed E-state index contributed by atoms with van der Waals surface area (Å²) in [6.45, 7) is 0. The molecule has 45 heavy (non-hydrogen) atoms. The summed E-state index contributed by atoms with van der Waals surface area (Å²) in [4.78, 5) is 20.6. The third kappa shape index (κ3) is 10.5. The summed E-state index contributed by atoms with van der Waals surface area (Å²) in [7, 11) is 1.24. The van der Waals surface area contributed by atoms with Gasteiger partial charge in [-0.3, -0.25) is 9.59 Å². The molecule has 0 atom stereocenters. The molecule has 0 radical (unpaired) electrons. The SMILES string of the molecule is C.C(/C=C/Cc1ccccc1)=C1C2CCC1CC2.COc1cc(F)c(F)cc1C(N)=O.O=CNc1ccc(F)c(C(F)(F)F)c1. The molecule has 2 fully saturated rings. The van der Waals surface area contributed by atoms with Crippen LogP contribution in [0.3, 0.4) is 0 Å². The van der Waals surface area contributed by atoms with E-state index in [-0.39, 0.29) is 30.8 Å². The maximum atomic E-state index is 12.7. The summed E-state index contributed by atoms with van der Waals surface area (Å²) < 4.78 is 78.9. The predicted molar refractivity (Wildman–Crippen MR) is 162 cm³/mol. The highest BCUT2D eigenvalue weighted by Gasteiger charge is 2.36. The van der Waals surface area contributed by atoms with Gasteiger partial charge in [-0.2, -0.15) is 13.2 Å². The number of amides is 2. The second kappa shape index (κ2) is 17.1. The number of allylic oxidation sites excluding steroid dienone is 4. The van der Waals surface area contributed by atoms with Crippen LogP contribution in [-0.2, 0) is 17.4 Å². The smallest absolute Gasteiger partial charge is 0.419 e. The number of anilines is 1. The molecule has 2 saturated carbocycles. The molecule has 3 aromatic rings. The van der Waals surface area contributed by atoms with Gasteiger partial charge in [-0.25, -0.2) is 13.2 Å². The molecular formula is C34H36F6N2O3. The quantitative estimate of drug-likeness (QED) is 0.202. The zero-order valence-electron chi connectivity index (χ0n) is 23.8. The Morgan fingerprint density at radius 3 is 2.07 bits per heavy atom. The fourth-order valence-corrected chi connectivity index (χ4v) is 5.15. The van der Waals surface area contributed by atoms with Crippen molar-refractivity contribution in [3.8, 4) is 5.75 Å². The summed E-state index contributed by atoms with van der Waals surface area (Å²) in [5, 5.41) is 2.00. The van der Waals surface area contributed by atoms with Gasteiger partial charge in [0.15, 0.2) is 11.6 Å². The van der Waals surface area contributed by atoms with Crippen LogP contribution in [-0.4, -0.2) is 19.4 Å². The molecule has 11 heteroatoms. The molecule has 2 aliphatic carbocycles. The van der Waals surface area contributed by atoms with E-state index in [1.165, 1.54) is 38.4 Å². The molecular weight excluding hydrogens is 598 g/mol. The van der Waals surface area contributed by atoms with Crippen LogP contribution in [0.4, 0.5) is 32.0 Å². The molecule has 3 N–H and O–H groups in total. The third-order valence-electron chi connectivity index (χ3n) is 7.30. The number of carbonyl (C=O) groups is 2. The Morgan fingerprint density at radius 2 is 1.53 bits per heavy atom. The molecule has 0 unspecified atom stereocenters. The van der Waals surface area contributed by atoms with E-state index in [9.17, 15) is 35.9 Å². The monoisotopic (exact) mass is 634 g/mol. The van der Waals surface area contributed by atoms with Crippen LogP contribution < -0.4 is 15.8 Å². The topological polar surface area (TPSA) is 81.4 Å². The Morgan fingerprint density at radius 1 is 0.933 bits per heavy atom.